The highest BCUT2D eigenvalue weighted by atomic mass is 32.1. The Labute approximate surface area is 148 Å². The lowest BCUT2D eigenvalue weighted by Crippen LogP contribution is -1.98. The van der Waals surface area contributed by atoms with E-state index in [0.717, 1.165) is 17.9 Å². The molecule has 1 heterocycles. The van der Waals surface area contributed by atoms with Gasteiger partial charge in [-0.1, -0.05) is 37.8 Å². The van der Waals surface area contributed by atoms with E-state index in [2.05, 4.69) is 37.8 Å². The normalized spacial score (nSPS) is 10.2. The van der Waals surface area contributed by atoms with E-state index in [0.29, 0.717) is 23.0 Å². The van der Waals surface area contributed by atoms with Gasteiger partial charge in [0.05, 0.1) is 0 Å². The maximum absolute atomic E-state index is 5.60. The van der Waals surface area contributed by atoms with Crippen LogP contribution in [0, 0.1) is 29.4 Å². The predicted octanol–water partition coefficient (Wildman–Crippen LogP) is 4.98. The number of aryl methyl sites for hydroxylation is 1. The van der Waals surface area contributed by atoms with E-state index in [1.165, 1.54) is 5.56 Å². The second-order valence-corrected chi connectivity index (χ2v) is 6.30. The van der Waals surface area contributed by atoms with E-state index >= 15 is 0 Å². The fraction of sp³-hybridized carbons (Fsp3) is 0.350. The number of ether oxygens (including phenoxy) is 2. The largest absolute Gasteiger partial charge is 0.481 e. The molecule has 3 nitrogen and oxygen atoms in total. The van der Waals surface area contributed by atoms with Crippen LogP contribution in [0.15, 0.2) is 40.8 Å². The number of hydrogen-bond acceptors (Lipinski definition) is 4. The summed E-state index contributed by atoms with van der Waals surface area (Å²) in [5.41, 5.74) is 1.32. The SMILES string of the molecule is Cc1cc(OCC#CCOc2ccc(CC(C)C)cc2)cc(=S)o1. The van der Waals surface area contributed by atoms with Gasteiger partial charge in [-0.3, -0.25) is 0 Å². The summed E-state index contributed by atoms with van der Waals surface area (Å²) in [7, 11) is 0. The van der Waals surface area contributed by atoms with E-state index in [1.807, 2.05) is 19.1 Å². The van der Waals surface area contributed by atoms with Crippen LogP contribution in [0.25, 0.3) is 0 Å². The summed E-state index contributed by atoms with van der Waals surface area (Å²) in [6, 6.07) is 11.6. The van der Waals surface area contributed by atoms with Gasteiger partial charge in [-0.15, -0.1) is 0 Å². The lowest BCUT2D eigenvalue weighted by molar-refractivity contribution is 0.357. The summed E-state index contributed by atoms with van der Waals surface area (Å²) < 4.78 is 16.7. The zero-order chi connectivity index (χ0) is 17.4. The number of benzene rings is 1. The van der Waals surface area contributed by atoms with Crippen LogP contribution in [0.2, 0.25) is 0 Å². The highest BCUT2D eigenvalue weighted by molar-refractivity contribution is 7.71. The van der Waals surface area contributed by atoms with Crippen molar-refractivity contribution in [1.82, 2.24) is 0 Å². The van der Waals surface area contributed by atoms with Crippen molar-refractivity contribution in [1.29, 1.82) is 0 Å². The van der Waals surface area contributed by atoms with Gasteiger partial charge in [0.15, 0.2) is 4.71 Å². The third kappa shape index (κ3) is 6.47. The van der Waals surface area contributed by atoms with Crippen LogP contribution < -0.4 is 9.47 Å². The molecule has 24 heavy (non-hydrogen) atoms. The molecule has 0 radical (unpaired) electrons. The fourth-order valence-electron chi connectivity index (χ4n) is 2.19. The molecule has 0 aliphatic carbocycles. The van der Waals surface area contributed by atoms with Gasteiger partial charge in [0.2, 0.25) is 0 Å². The molecule has 0 amide bonds. The van der Waals surface area contributed by atoms with Gasteiger partial charge in [0.25, 0.3) is 0 Å². The molecule has 126 valence electrons. The molecule has 0 unspecified atom stereocenters. The lowest BCUT2D eigenvalue weighted by Gasteiger charge is -2.06. The Morgan fingerprint density at radius 3 is 2.21 bits per heavy atom. The maximum atomic E-state index is 5.60. The molecule has 2 aromatic rings. The van der Waals surface area contributed by atoms with Crippen LogP contribution in [0.5, 0.6) is 11.5 Å². The number of rotatable bonds is 6. The first-order valence-corrected chi connectivity index (χ1v) is 8.36. The molecule has 2 rings (SSSR count). The molecule has 0 saturated heterocycles. The van der Waals surface area contributed by atoms with Crippen molar-refractivity contribution in [2.45, 2.75) is 27.2 Å². The standard InChI is InChI=1S/C20H22O3S/c1-15(2)12-17-6-8-18(9-7-17)21-10-4-5-11-22-19-13-16(3)23-20(24)14-19/h6-9,13-15H,10-12H2,1-3H3. The monoisotopic (exact) mass is 342 g/mol. The van der Waals surface area contributed by atoms with E-state index in [9.17, 15) is 0 Å². The van der Waals surface area contributed by atoms with Gasteiger partial charge in [0.1, 0.15) is 30.5 Å². The number of hydrogen-bond donors (Lipinski definition) is 0. The molecule has 0 fully saturated rings. The van der Waals surface area contributed by atoms with Crippen LogP contribution in [0.4, 0.5) is 0 Å². The first kappa shape index (κ1) is 18.1. The average molecular weight is 342 g/mol. The van der Waals surface area contributed by atoms with Crippen LogP contribution in [0.1, 0.15) is 25.2 Å². The van der Waals surface area contributed by atoms with Gasteiger partial charge < -0.3 is 13.9 Å². The van der Waals surface area contributed by atoms with Gasteiger partial charge in [-0.05, 0) is 49.2 Å². The molecule has 0 bridgehead atoms. The summed E-state index contributed by atoms with van der Waals surface area (Å²) in [4.78, 5) is 0. The van der Waals surface area contributed by atoms with Crippen LogP contribution in [0.3, 0.4) is 0 Å². The second kappa shape index (κ2) is 9.14. The smallest absolute Gasteiger partial charge is 0.193 e. The van der Waals surface area contributed by atoms with E-state index in [4.69, 9.17) is 26.1 Å². The van der Waals surface area contributed by atoms with Crippen LogP contribution in [-0.4, -0.2) is 13.2 Å². The van der Waals surface area contributed by atoms with E-state index in [1.54, 1.807) is 12.1 Å². The summed E-state index contributed by atoms with van der Waals surface area (Å²) in [5, 5.41) is 0. The molecule has 1 aromatic carbocycles. The third-order valence-electron chi connectivity index (χ3n) is 3.18. The maximum Gasteiger partial charge on any atom is 0.193 e. The molecule has 0 spiro atoms. The second-order valence-electron chi connectivity index (χ2n) is 5.90. The Balaban J connectivity index is 1.74. The Morgan fingerprint density at radius 1 is 1.00 bits per heavy atom. The summed E-state index contributed by atoms with van der Waals surface area (Å²) in [6.45, 7) is 6.87. The van der Waals surface area contributed by atoms with Crippen molar-refractivity contribution in [2.24, 2.45) is 5.92 Å². The molecule has 4 heteroatoms. The molecular weight excluding hydrogens is 320 g/mol. The summed E-state index contributed by atoms with van der Waals surface area (Å²) in [6.07, 6.45) is 1.08. The van der Waals surface area contributed by atoms with Crippen molar-refractivity contribution in [3.05, 3.63) is 52.4 Å². The minimum absolute atomic E-state index is 0.287. The Bertz CT molecular complexity index is 764. The van der Waals surface area contributed by atoms with Gasteiger partial charge in [0, 0.05) is 12.1 Å². The minimum atomic E-state index is 0.287. The summed E-state index contributed by atoms with van der Waals surface area (Å²) >= 11 is 4.99. The van der Waals surface area contributed by atoms with Crippen LogP contribution in [-0.2, 0) is 6.42 Å². The van der Waals surface area contributed by atoms with E-state index in [-0.39, 0.29) is 6.61 Å². The van der Waals surface area contributed by atoms with Crippen LogP contribution >= 0.6 is 12.2 Å². The molecule has 0 aliphatic heterocycles. The Kier molecular flexibility index (Phi) is 6.89. The lowest BCUT2D eigenvalue weighted by atomic mass is 10.0. The van der Waals surface area contributed by atoms with Gasteiger partial charge in [-0.2, -0.15) is 0 Å². The van der Waals surface area contributed by atoms with Crippen molar-refractivity contribution >= 4 is 12.2 Å². The molecule has 1 aromatic heterocycles. The quantitative estimate of drug-likeness (QED) is 0.547. The topological polar surface area (TPSA) is 31.6 Å². The summed E-state index contributed by atoms with van der Waals surface area (Å²) in [5.74, 6) is 8.72. The molecule has 0 atom stereocenters. The molecule has 0 saturated carbocycles. The first-order valence-electron chi connectivity index (χ1n) is 7.95. The minimum Gasteiger partial charge on any atom is -0.481 e. The van der Waals surface area contributed by atoms with Crippen molar-refractivity contribution in [3.8, 4) is 23.3 Å². The van der Waals surface area contributed by atoms with Crippen molar-refractivity contribution < 1.29 is 13.9 Å². The molecular formula is C20H22O3S. The molecule has 0 aliphatic rings. The fourth-order valence-corrected chi connectivity index (χ4v) is 2.44. The highest BCUT2D eigenvalue weighted by Crippen LogP contribution is 2.15. The predicted molar refractivity (Wildman–Crippen MR) is 98.0 cm³/mol. The third-order valence-corrected chi connectivity index (χ3v) is 3.38. The Morgan fingerprint density at radius 2 is 1.62 bits per heavy atom. The highest BCUT2D eigenvalue weighted by Gasteiger charge is 1.98. The first-order chi connectivity index (χ1) is 11.5. The Hall–Kier alpha value is -2.25. The van der Waals surface area contributed by atoms with Crippen molar-refractivity contribution in [3.63, 3.8) is 0 Å². The zero-order valence-electron chi connectivity index (χ0n) is 14.3. The van der Waals surface area contributed by atoms with Gasteiger partial charge >= 0.3 is 0 Å². The van der Waals surface area contributed by atoms with Gasteiger partial charge in [-0.25, -0.2) is 0 Å². The van der Waals surface area contributed by atoms with Crippen molar-refractivity contribution in [2.75, 3.05) is 13.2 Å². The van der Waals surface area contributed by atoms with E-state index < -0.39 is 0 Å². The zero-order valence-corrected chi connectivity index (χ0v) is 15.1. The average Bonchev–Trinajstić information content (AvgIpc) is 2.51. The molecule has 0 N–H and O–H groups in total.